The minimum absolute atomic E-state index is 0.370. The van der Waals surface area contributed by atoms with Gasteiger partial charge in [-0.1, -0.05) is 26.0 Å². The summed E-state index contributed by atoms with van der Waals surface area (Å²) in [6.45, 7) is 10.1. The van der Waals surface area contributed by atoms with Crippen molar-refractivity contribution in [1.29, 1.82) is 0 Å². The van der Waals surface area contributed by atoms with E-state index >= 15 is 0 Å². The Hall–Kier alpha value is -0.260. The lowest BCUT2D eigenvalue weighted by molar-refractivity contribution is 0.451. The Bertz CT molecular complexity index is 90.6. The molecule has 0 aromatic carbocycles. The Morgan fingerprint density at radius 1 is 1.12 bits per heavy atom. The van der Waals surface area contributed by atoms with E-state index < -0.39 is 0 Å². The van der Waals surface area contributed by atoms with Gasteiger partial charge in [0, 0.05) is 0 Å². The van der Waals surface area contributed by atoms with E-state index in [2.05, 4.69) is 26.0 Å². The SMILES string of the molecule is [CH]C1C(C)C=CC1C. The lowest BCUT2D eigenvalue weighted by atomic mass is 9.93. The molecular formula is C8H12. The highest BCUT2D eigenvalue weighted by Gasteiger charge is 2.19. The van der Waals surface area contributed by atoms with Crippen LogP contribution in [0.3, 0.4) is 0 Å². The zero-order valence-corrected chi connectivity index (χ0v) is 5.46. The van der Waals surface area contributed by atoms with Gasteiger partial charge in [-0.25, -0.2) is 0 Å². The number of allylic oxidation sites excluding steroid dienone is 2. The van der Waals surface area contributed by atoms with Gasteiger partial charge in [-0.2, -0.15) is 0 Å². The van der Waals surface area contributed by atoms with Crippen molar-refractivity contribution in [3.05, 3.63) is 19.1 Å². The van der Waals surface area contributed by atoms with Gasteiger partial charge in [-0.15, -0.1) is 0 Å². The first-order valence-electron chi connectivity index (χ1n) is 3.15. The number of hydrogen-bond acceptors (Lipinski definition) is 0. The normalized spacial score (nSPS) is 45.6. The predicted octanol–water partition coefficient (Wildman–Crippen LogP) is 2.16. The van der Waals surface area contributed by atoms with Crippen molar-refractivity contribution in [2.24, 2.45) is 17.8 Å². The molecule has 0 bridgehead atoms. The third kappa shape index (κ3) is 0.795. The molecule has 2 atom stereocenters. The van der Waals surface area contributed by atoms with Crippen LogP contribution in [0, 0.1) is 24.7 Å². The van der Waals surface area contributed by atoms with Crippen LogP contribution in [0.4, 0.5) is 0 Å². The van der Waals surface area contributed by atoms with Crippen LogP contribution in [0.25, 0.3) is 0 Å². The second-order valence-electron chi connectivity index (χ2n) is 2.68. The fourth-order valence-electron chi connectivity index (χ4n) is 1.09. The van der Waals surface area contributed by atoms with E-state index in [0.717, 1.165) is 0 Å². The molecule has 2 radical (unpaired) electrons. The summed E-state index contributed by atoms with van der Waals surface area (Å²) in [5, 5.41) is 0. The van der Waals surface area contributed by atoms with Gasteiger partial charge >= 0.3 is 0 Å². The smallest absolute Gasteiger partial charge is 0.0225 e. The summed E-state index contributed by atoms with van der Waals surface area (Å²) < 4.78 is 0. The fourth-order valence-corrected chi connectivity index (χ4v) is 1.09. The standard InChI is InChI=1S/C8H12/c1-6-4-5-7(2)8(6)3/h3-8H,1-2H3. The monoisotopic (exact) mass is 108 g/mol. The second kappa shape index (κ2) is 1.93. The van der Waals surface area contributed by atoms with Crippen molar-refractivity contribution in [2.75, 3.05) is 0 Å². The van der Waals surface area contributed by atoms with Crippen molar-refractivity contribution in [3.63, 3.8) is 0 Å². The predicted molar refractivity (Wildman–Crippen MR) is 35.3 cm³/mol. The number of hydrogen-bond donors (Lipinski definition) is 0. The average molecular weight is 108 g/mol. The highest BCUT2D eigenvalue weighted by atomic mass is 14.2. The van der Waals surface area contributed by atoms with Crippen molar-refractivity contribution in [3.8, 4) is 0 Å². The molecule has 0 saturated heterocycles. The summed E-state index contributed by atoms with van der Waals surface area (Å²) in [6.07, 6.45) is 4.38. The lowest BCUT2D eigenvalue weighted by Gasteiger charge is -2.11. The van der Waals surface area contributed by atoms with Crippen molar-refractivity contribution < 1.29 is 0 Å². The van der Waals surface area contributed by atoms with Gasteiger partial charge in [0.2, 0.25) is 0 Å². The molecule has 0 nitrogen and oxygen atoms in total. The summed E-state index contributed by atoms with van der Waals surface area (Å²) in [6, 6.07) is 0. The van der Waals surface area contributed by atoms with Crippen molar-refractivity contribution in [2.45, 2.75) is 13.8 Å². The van der Waals surface area contributed by atoms with Crippen LogP contribution >= 0.6 is 0 Å². The summed E-state index contributed by atoms with van der Waals surface area (Å²) in [5.74, 6) is 1.55. The average Bonchev–Trinajstić information content (AvgIpc) is 1.98. The molecule has 0 heteroatoms. The summed E-state index contributed by atoms with van der Waals surface area (Å²) in [4.78, 5) is 0. The van der Waals surface area contributed by atoms with E-state index in [1.165, 1.54) is 0 Å². The Labute approximate surface area is 51.6 Å². The maximum absolute atomic E-state index is 5.76. The van der Waals surface area contributed by atoms with Gasteiger partial charge in [0.15, 0.2) is 0 Å². The fraction of sp³-hybridized carbons (Fsp3) is 0.625. The van der Waals surface area contributed by atoms with E-state index in [4.69, 9.17) is 6.92 Å². The molecule has 0 amide bonds. The Kier molecular flexibility index (Phi) is 1.41. The highest BCUT2D eigenvalue weighted by molar-refractivity contribution is 5.04. The Morgan fingerprint density at radius 3 is 1.62 bits per heavy atom. The lowest BCUT2D eigenvalue weighted by Crippen LogP contribution is -2.06. The third-order valence-electron chi connectivity index (χ3n) is 1.93. The van der Waals surface area contributed by atoms with E-state index in [1.807, 2.05) is 0 Å². The Balaban J connectivity index is 2.55. The molecular weight excluding hydrogens is 96.1 g/mol. The van der Waals surface area contributed by atoms with E-state index in [-0.39, 0.29) is 0 Å². The number of rotatable bonds is 0. The van der Waals surface area contributed by atoms with Crippen LogP contribution in [-0.2, 0) is 0 Å². The largest absolute Gasteiger partial charge is 0.0851 e. The summed E-state index contributed by atoms with van der Waals surface area (Å²) in [7, 11) is 0. The topological polar surface area (TPSA) is 0 Å². The van der Waals surface area contributed by atoms with Crippen LogP contribution in [0.1, 0.15) is 13.8 Å². The van der Waals surface area contributed by atoms with Crippen molar-refractivity contribution >= 4 is 0 Å². The molecule has 0 aromatic rings. The maximum atomic E-state index is 5.76. The minimum atomic E-state index is 0.370. The van der Waals surface area contributed by atoms with Gasteiger partial charge in [0.25, 0.3) is 0 Å². The molecule has 0 aromatic heterocycles. The Morgan fingerprint density at radius 2 is 1.50 bits per heavy atom. The van der Waals surface area contributed by atoms with E-state index in [1.54, 1.807) is 0 Å². The van der Waals surface area contributed by atoms with Gasteiger partial charge in [0.05, 0.1) is 0 Å². The second-order valence-corrected chi connectivity index (χ2v) is 2.68. The first kappa shape index (κ1) is 5.87. The molecule has 0 spiro atoms. The van der Waals surface area contributed by atoms with Crippen LogP contribution < -0.4 is 0 Å². The third-order valence-corrected chi connectivity index (χ3v) is 1.93. The van der Waals surface area contributed by atoms with Crippen molar-refractivity contribution in [1.82, 2.24) is 0 Å². The first-order valence-corrected chi connectivity index (χ1v) is 3.15. The quantitative estimate of drug-likeness (QED) is 0.417. The molecule has 0 fully saturated rings. The molecule has 0 saturated carbocycles. The summed E-state index contributed by atoms with van der Waals surface area (Å²) in [5.41, 5.74) is 0. The van der Waals surface area contributed by atoms with Gasteiger partial charge < -0.3 is 0 Å². The molecule has 0 N–H and O–H groups in total. The molecule has 1 aliphatic carbocycles. The molecule has 0 aliphatic heterocycles. The molecule has 8 heavy (non-hydrogen) atoms. The molecule has 2 unspecified atom stereocenters. The first-order chi connectivity index (χ1) is 3.72. The van der Waals surface area contributed by atoms with Gasteiger partial charge in [0.1, 0.15) is 0 Å². The van der Waals surface area contributed by atoms with Gasteiger partial charge in [-0.05, 0) is 24.7 Å². The zero-order valence-electron chi connectivity index (χ0n) is 5.46. The molecule has 0 heterocycles. The molecule has 44 valence electrons. The van der Waals surface area contributed by atoms with E-state index in [0.29, 0.717) is 17.8 Å². The van der Waals surface area contributed by atoms with Crippen LogP contribution in [0.2, 0.25) is 0 Å². The minimum Gasteiger partial charge on any atom is -0.0851 e. The highest BCUT2D eigenvalue weighted by Crippen LogP contribution is 2.28. The summed E-state index contributed by atoms with van der Waals surface area (Å²) >= 11 is 0. The van der Waals surface area contributed by atoms with Crippen LogP contribution in [-0.4, -0.2) is 0 Å². The van der Waals surface area contributed by atoms with Crippen LogP contribution in [0.15, 0.2) is 12.2 Å². The zero-order chi connectivity index (χ0) is 6.15. The van der Waals surface area contributed by atoms with Crippen LogP contribution in [0.5, 0.6) is 0 Å². The molecule has 1 rings (SSSR count). The van der Waals surface area contributed by atoms with Gasteiger partial charge in [-0.3, -0.25) is 0 Å². The molecule has 1 aliphatic rings. The maximum Gasteiger partial charge on any atom is -0.0225 e. The van der Waals surface area contributed by atoms with E-state index in [9.17, 15) is 0 Å².